The number of sulfonamides is 1. The number of rotatable bonds is 2. The fraction of sp³-hybridized carbons (Fsp3) is 0.913. The number of aliphatic hydroxyl groups is 2. The Hall–Kier alpha value is -1.35. The number of ether oxygens (including phenoxy) is 2. The monoisotopic (exact) mass is 530 g/mol. The molecular formula is C23H38N4O8S. The molecule has 1 saturated carbocycles. The van der Waals surface area contributed by atoms with Crippen LogP contribution < -0.4 is 5.32 Å². The summed E-state index contributed by atoms with van der Waals surface area (Å²) in [5, 5.41) is 24.1. The summed E-state index contributed by atoms with van der Waals surface area (Å²) in [5.74, 6) is -0.325. The van der Waals surface area contributed by atoms with E-state index >= 15 is 0 Å². The molecular weight excluding hydrogens is 492 g/mol. The van der Waals surface area contributed by atoms with Crippen molar-refractivity contribution < 1.29 is 37.7 Å². The SMILES string of the molecule is CS(=O)(=O)N1C[C@@H]2CN(CCO2)C(=O)[C@@H]2C[C@@H](CN2C2CCCC2)NC(=O)C[C@@H]2O[C@H](C1)[C@@H](O)[C@H]2O. The Morgan fingerprint density at radius 1 is 1.00 bits per heavy atom. The molecule has 4 aliphatic heterocycles. The summed E-state index contributed by atoms with van der Waals surface area (Å²) < 4.78 is 38.0. The van der Waals surface area contributed by atoms with E-state index in [9.17, 15) is 28.2 Å². The van der Waals surface area contributed by atoms with E-state index in [-0.39, 0.29) is 50.0 Å². The number of amides is 2. The van der Waals surface area contributed by atoms with Crippen molar-refractivity contribution in [2.24, 2.45) is 0 Å². The largest absolute Gasteiger partial charge is 0.388 e. The minimum absolute atomic E-state index is 0.000744. The quantitative estimate of drug-likeness (QED) is 0.364. The van der Waals surface area contributed by atoms with Gasteiger partial charge in [0.15, 0.2) is 0 Å². The first-order valence-electron chi connectivity index (χ1n) is 13.0. The van der Waals surface area contributed by atoms with Gasteiger partial charge in [0.25, 0.3) is 0 Å². The van der Waals surface area contributed by atoms with Crippen molar-refractivity contribution in [3.05, 3.63) is 0 Å². The number of hydrogen-bond donors (Lipinski definition) is 3. The summed E-state index contributed by atoms with van der Waals surface area (Å²) in [7, 11) is -3.71. The van der Waals surface area contributed by atoms with Crippen LogP contribution in [0.5, 0.6) is 0 Å². The third-order valence-electron chi connectivity index (χ3n) is 8.34. The van der Waals surface area contributed by atoms with Crippen LogP contribution in [0.1, 0.15) is 38.5 Å². The average molecular weight is 531 g/mol. The lowest BCUT2D eigenvalue weighted by molar-refractivity contribution is -0.144. The van der Waals surface area contributed by atoms with E-state index in [0.29, 0.717) is 32.2 Å². The van der Waals surface area contributed by atoms with Crippen molar-refractivity contribution in [2.75, 3.05) is 45.6 Å². The van der Waals surface area contributed by atoms with Gasteiger partial charge < -0.3 is 29.9 Å². The van der Waals surface area contributed by atoms with Crippen molar-refractivity contribution in [3.8, 4) is 0 Å². The van der Waals surface area contributed by atoms with Gasteiger partial charge in [0.2, 0.25) is 21.8 Å². The van der Waals surface area contributed by atoms with Crippen LogP contribution in [-0.2, 0) is 29.1 Å². The highest BCUT2D eigenvalue weighted by atomic mass is 32.2. The maximum absolute atomic E-state index is 13.7. The number of carbonyl (C=O) groups is 2. The summed E-state index contributed by atoms with van der Waals surface area (Å²) in [5.41, 5.74) is 0. The molecule has 7 atom stereocenters. The van der Waals surface area contributed by atoms with Gasteiger partial charge >= 0.3 is 0 Å². The zero-order chi connectivity index (χ0) is 25.6. The van der Waals surface area contributed by atoms with E-state index in [2.05, 4.69) is 10.2 Å². The second-order valence-electron chi connectivity index (χ2n) is 10.9. The summed E-state index contributed by atoms with van der Waals surface area (Å²) >= 11 is 0. The second kappa shape index (κ2) is 10.4. The van der Waals surface area contributed by atoms with Crippen LogP contribution in [0, 0.1) is 0 Å². The standard InChI is InChI=1S/C23H38N4O8S/c1-36(32,33)26-12-16-11-25(6-7-34-16)23(31)17-8-14(10-27(17)15-4-2-3-5-15)24-20(28)9-18-21(29)22(30)19(13-26)35-18/h14-19,21-22,29-30H,2-13H2,1H3,(H,24,28)/t14-,16-,17-,18-,19+,21-,22+/m0/s1. The molecule has 0 radical (unpaired) electrons. The molecule has 36 heavy (non-hydrogen) atoms. The van der Waals surface area contributed by atoms with E-state index in [4.69, 9.17) is 9.47 Å². The minimum Gasteiger partial charge on any atom is -0.388 e. The van der Waals surface area contributed by atoms with Gasteiger partial charge in [-0.15, -0.1) is 0 Å². The number of aliphatic hydroxyl groups excluding tert-OH is 2. The number of hydrogen-bond acceptors (Lipinski definition) is 9. The second-order valence-corrected chi connectivity index (χ2v) is 12.9. The highest BCUT2D eigenvalue weighted by Crippen LogP contribution is 2.32. The van der Waals surface area contributed by atoms with Crippen molar-refractivity contribution in [1.82, 2.24) is 19.4 Å². The Kier molecular flexibility index (Phi) is 7.61. The summed E-state index contributed by atoms with van der Waals surface area (Å²) in [4.78, 5) is 30.6. The van der Waals surface area contributed by atoms with Crippen molar-refractivity contribution in [2.45, 2.75) is 87.2 Å². The highest BCUT2D eigenvalue weighted by Gasteiger charge is 2.47. The predicted molar refractivity (Wildman–Crippen MR) is 127 cm³/mol. The molecule has 4 saturated heterocycles. The molecule has 5 rings (SSSR count). The van der Waals surface area contributed by atoms with Crippen LogP contribution in [0.25, 0.3) is 0 Å². The van der Waals surface area contributed by atoms with Gasteiger partial charge in [-0.3, -0.25) is 14.5 Å². The zero-order valence-corrected chi connectivity index (χ0v) is 21.5. The molecule has 204 valence electrons. The van der Waals surface area contributed by atoms with E-state index < -0.39 is 40.5 Å². The third kappa shape index (κ3) is 5.42. The normalized spacial score (nSPS) is 40.1. The van der Waals surface area contributed by atoms with E-state index in [0.717, 1.165) is 36.2 Å². The Bertz CT molecular complexity index is 944. The molecule has 0 aromatic heterocycles. The lowest BCUT2D eigenvalue weighted by Gasteiger charge is -2.38. The van der Waals surface area contributed by atoms with Crippen LogP contribution in [0.3, 0.4) is 0 Å². The highest BCUT2D eigenvalue weighted by molar-refractivity contribution is 7.88. The molecule has 0 unspecified atom stereocenters. The van der Waals surface area contributed by atoms with E-state index in [1.54, 1.807) is 4.90 Å². The first kappa shape index (κ1) is 26.3. The van der Waals surface area contributed by atoms with Gasteiger partial charge in [0.05, 0.1) is 37.5 Å². The van der Waals surface area contributed by atoms with Crippen LogP contribution in [0.2, 0.25) is 0 Å². The molecule has 3 N–H and O–H groups in total. The predicted octanol–water partition coefficient (Wildman–Crippen LogP) is -2.13. The van der Waals surface area contributed by atoms with Gasteiger partial charge in [-0.1, -0.05) is 12.8 Å². The van der Waals surface area contributed by atoms with E-state index in [1.165, 1.54) is 0 Å². The summed E-state index contributed by atoms with van der Waals surface area (Å²) in [6.45, 7) is 1.38. The summed E-state index contributed by atoms with van der Waals surface area (Å²) in [6.07, 6.45) is 0.596. The Morgan fingerprint density at radius 2 is 1.72 bits per heavy atom. The topological polar surface area (TPSA) is 149 Å². The van der Waals surface area contributed by atoms with Gasteiger partial charge in [-0.05, 0) is 19.3 Å². The Balaban J connectivity index is 1.43. The van der Waals surface area contributed by atoms with Crippen molar-refractivity contribution in [1.29, 1.82) is 0 Å². The fourth-order valence-electron chi connectivity index (χ4n) is 6.48. The molecule has 0 spiro atoms. The number of likely N-dealkylation sites (tertiary alicyclic amines) is 1. The van der Waals surface area contributed by atoms with E-state index in [1.807, 2.05) is 0 Å². The molecule has 4 heterocycles. The maximum atomic E-state index is 13.7. The average Bonchev–Trinajstić information content (AvgIpc) is 3.55. The molecule has 13 heteroatoms. The minimum atomic E-state index is -3.71. The van der Waals surface area contributed by atoms with Crippen molar-refractivity contribution >= 4 is 21.8 Å². The van der Waals surface area contributed by atoms with Gasteiger partial charge in [-0.2, -0.15) is 4.31 Å². The molecule has 6 bridgehead atoms. The number of nitrogens with one attached hydrogen (secondary N) is 1. The maximum Gasteiger partial charge on any atom is 0.240 e. The number of carbonyl (C=O) groups excluding carboxylic acids is 2. The first-order chi connectivity index (χ1) is 17.1. The zero-order valence-electron chi connectivity index (χ0n) is 20.7. The first-order valence-corrected chi connectivity index (χ1v) is 14.9. The molecule has 0 aromatic rings. The lowest BCUT2D eigenvalue weighted by Crippen LogP contribution is -2.56. The van der Waals surface area contributed by atoms with Crippen LogP contribution in [0.15, 0.2) is 0 Å². The molecule has 1 aliphatic carbocycles. The lowest BCUT2D eigenvalue weighted by atomic mass is 10.0. The molecule has 12 nitrogen and oxygen atoms in total. The van der Waals surface area contributed by atoms with Gasteiger partial charge in [0.1, 0.15) is 18.3 Å². The number of morpholine rings is 1. The molecule has 5 fully saturated rings. The number of nitrogens with zero attached hydrogens (tertiary/aromatic N) is 3. The smallest absolute Gasteiger partial charge is 0.240 e. The van der Waals surface area contributed by atoms with Crippen LogP contribution in [0.4, 0.5) is 0 Å². The van der Waals surface area contributed by atoms with Crippen molar-refractivity contribution in [3.63, 3.8) is 0 Å². The van der Waals surface area contributed by atoms with Gasteiger partial charge in [-0.25, -0.2) is 8.42 Å². The fourth-order valence-corrected chi connectivity index (χ4v) is 7.33. The van der Waals surface area contributed by atoms with Gasteiger partial charge in [0, 0.05) is 44.8 Å². The Labute approximate surface area is 211 Å². The van der Waals surface area contributed by atoms with Crippen LogP contribution in [-0.4, -0.2) is 139 Å². The molecule has 5 aliphatic rings. The van der Waals surface area contributed by atoms with Crippen LogP contribution >= 0.6 is 0 Å². The summed E-state index contributed by atoms with van der Waals surface area (Å²) in [6, 6.07) is -0.247. The third-order valence-corrected chi connectivity index (χ3v) is 9.58. The molecule has 2 amide bonds. The Morgan fingerprint density at radius 3 is 2.44 bits per heavy atom. The molecule has 0 aromatic carbocycles. The number of fused-ring (bicyclic) bond motifs is 6.